The summed E-state index contributed by atoms with van der Waals surface area (Å²) in [7, 11) is 0. The molecule has 0 aliphatic heterocycles. The Morgan fingerprint density at radius 2 is 2.17 bits per heavy atom. The van der Waals surface area contributed by atoms with E-state index in [1.54, 1.807) is 12.1 Å². The zero-order valence-corrected chi connectivity index (χ0v) is 11.0. The van der Waals surface area contributed by atoms with Crippen LogP contribution in [0.4, 0.5) is 13.2 Å². The highest BCUT2D eigenvalue weighted by Gasteiger charge is 2.32. The first-order valence-electron chi connectivity index (χ1n) is 5.79. The Bertz CT molecular complexity index is 362. The Morgan fingerprint density at radius 1 is 1.44 bits per heavy atom. The molecule has 0 radical (unpaired) electrons. The smallest absolute Gasteiger partial charge is 0.333 e. The summed E-state index contributed by atoms with van der Waals surface area (Å²) in [4.78, 5) is 13.5. The van der Waals surface area contributed by atoms with E-state index in [-0.39, 0.29) is 13.0 Å². The lowest BCUT2D eigenvalue weighted by atomic mass is 10.2. The molecule has 1 heterocycles. The molecule has 0 fully saturated rings. The van der Waals surface area contributed by atoms with Gasteiger partial charge in [0, 0.05) is 11.4 Å². The molecule has 0 aliphatic carbocycles. The summed E-state index contributed by atoms with van der Waals surface area (Å²) in [5.74, 6) is -0.455. The summed E-state index contributed by atoms with van der Waals surface area (Å²) in [6, 6.07) is 3.54. The Labute approximate surface area is 108 Å². The van der Waals surface area contributed by atoms with E-state index in [1.807, 2.05) is 12.3 Å². The molecule has 0 saturated heterocycles. The molecule has 0 N–H and O–H groups in total. The Hall–Kier alpha value is -1.04. The first-order chi connectivity index (χ1) is 8.42. The van der Waals surface area contributed by atoms with E-state index in [4.69, 9.17) is 0 Å². The lowest BCUT2D eigenvalue weighted by molar-refractivity contribution is -0.160. The van der Waals surface area contributed by atoms with Crippen LogP contribution in [0.3, 0.4) is 0 Å². The van der Waals surface area contributed by atoms with E-state index in [9.17, 15) is 18.0 Å². The monoisotopic (exact) mass is 279 g/mol. The fourth-order valence-electron chi connectivity index (χ4n) is 1.53. The van der Waals surface area contributed by atoms with E-state index in [0.29, 0.717) is 6.42 Å². The minimum Gasteiger partial charge on any atom is -0.333 e. The molecule has 0 aromatic carbocycles. The normalized spacial score (nSPS) is 11.6. The molecule has 6 heteroatoms. The Kier molecular flexibility index (Phi) is 5.65. The summed E-state index contributed by atoms with van der Waals surface area (Å²) in [6.45, 7) is 0.896. The first kappa shape index (κ1) is 15.0. The number of hydrogen-bond donors (Lipinski definition) is 0. The average Bonchev–Trinajstić information content (AvgIpc) is 2.75. The highest BCUT2D eigenvalue weighted by atomic mass is 32.1. The molecule has 1 aromatic heterocycles. The van der Waals surface area contributed by atoms with E-state index in [2.05, 4.69) is 0 Å². The molecule has 18 heavy (non-hydrogen) atoms. The van der Waals surface area contributed by atoms with Crippen molar-refractivity contribution in [2.75, 3.05) is 13.1 Å². The van der Waals surface area contributed by atoms with Crippen LogP contribution in [0, 0.1) is 0 Å². The SMILES string of the molecule is CCCCN(CC(F)(F)F)C(=O)Cc1cccs1. The van der Waals surface area contributed by atoms with Gasteiger partial charge in [0.1, 0.15) is 6.54 Å². The minimum atomic E-state index is -4.33. The second kappa shape index (κ2) is 6.78. The predicted octanol–water partition coefficient (Wildman–Crippen LogP) is 3.48. The molecule has 2 nitrogen and oxygen atoms in total. The lowest BCUT2D eigenvalue weighted by Gasteiger charge is -2.23. The van der Waals surface area contributed by atoms with Crippen molar-refractivity contribution in [2.24, 2.45) is 0 Å². The number of amides is 1. The van der Waals surface area contributed by atoms with Crippen molar-refractivity contribution in [3.05, 3.63) is 22.4 Å². The van der Waals surface area contributed by atoms with Crippen LogP contribution >= 0.6 is 11.3 Å². The fourth-order valence-corrected chi connectivity index (χ4v) is 2.23. The summed E-state index contributed by atoms with van der Waals surface area (Å²) < 4.78 is 37.1. The van der Waals surface area contributed by atoms with E-state index in [1.165, 1.54) is 11.3 Å². The van der Waals surface area contributed by atoms with Gasteiger partial charge < -0.3 is 4.90 Å². The van der Waals surface area contributed by atoms with Crippen LogP contribution in [-0.2, 0) is 11.2 Å². The van der Waals surface area contributed by atoms with Gasteiger partial charge in [-0.3, -0.25) is 4.79 Å². The second-order valence-corrected chi connectivity index (χ2v) is 5.07. The number of carbonyl (C=O) groups is 1. The maximum Gasteiger partial charge on any atom is 0.406 e. The van der Waals surface area contributed by atoms with Gasteiger partial charge in [-0.1, -0.05) is 19.4 Å². The van der Waals surface area contributed by atoms with Crippen LogP contribution < -0.4 is 0 Å². The number of carbonyl (C=O) groups excluding carboxylic acids is 1. The van der Waals surface area contributed by atoms with Gasteiger partial charge in [0.15, 0.2) is 0 Å². The van der Waals surface area contributed by atoms with E-state index >= 15 is 0 Å². The third-order valence-electron chi connectivity index (χ3n) is 2.41. The van der Waals surface area contributed by atoms with Crippen molar-refractivity contribution in [3.8, 4) is 0 Å². The second-order valence-electron chi connectivity index (χ2n) is 4.04. The van der Waals surface area contributed by atoms with Crippen molar-refractivity contribution in [2.45, 2.75) is 32.4 Å². The third-order valence-corrected chi connectivity index (χ3v) is 3.29. The minimum absolute atomic E-state index is 0.0530. The van der Waals surface area contributed by atoms with Crippen LogP contribution in [0.25, 0.3) is 0 Å². The quantitative estimate of drug-likeness (QED) is 0.780. The molecule has 1 aromatic rings. The van der Waals surface area contributed by atoms with Gasteiger partial charge in [0.05, 0.1) is 6.42 Å². The molecule has 0 bridgehead atoms. The fraction of sp³-hybridized carbons (Fsp3) is 0.583. The molecule has 0 spiro atoms. The van der Waals surface area contributed by atoms with Gasteiger partial charge in [-0.2, -0.15) is 13.2 Å². The number of rotatable bonds is 6. The van der Waals surface area contributed by atoms with Crippen LogP contribution in [0.2, 0.25) is 0 Å². The van der Waals surface area contributed by atoms with Crippen LogP contribution in [0.5, 0.6) is 0 Å². The standard InChI is InChI=1S/C12H16F3NOS/c1-2-3-6-16(9-12(13,14)15)11(17)8-10-5-4-7-18-10/h4-5,7H,2-3,6,8-9H2,1H3. The van der Waals surface area contributed by atoms with Gasteiger partial charge in [0.2, 0.25) is 5.91 Å². The van der Waals surface area contributed by atoms with Crippen molar-refractivity contribution in [3.63, 3.8) is 0 Å². The topological polar surface area (TPSA) is 20.3 Å². The molecular formula is C12H16F3NOS. The number of unbranched alkanes of at least 4 members (excludes halogenated alkanes) is 1. The molecule has 1 amide bonds. The molecule has 0 atom stereocenters. The highest BCUT2D eigenvalue weighted by molar-refractivity contribution is 7.10. The maximum atomic E-state index is 12.4. The van der Waals surface area contributed by atoms with E-state index < -0.39 is 18.6 Å². The van der Waals surface area contributed by atoms with Gasteiger partial charge in [-0.25, -0.2) is 0 Å². The van der Waals surface area contributed by atoms with Crippen LogP contribution in [0.1, 0.15) is 24.6 Å². The summed E-state index contributed by atoms with van der Waals surface area (Å²) in [6.07, 6.45) is -2.93. The average molecular weight is 279 g/mol. The van der Waals surface area contributed by atoms with Crippen molar-refractivity contribution < 1.29 is 18.0 Å². The van der Waals surface area contributed by atoms with Gasteiger partial charge >= 0.3 is 6.18 Å². The maximum absolute atomic E-state index is 12.4. The molecule has 0 aliphatic rings. The van der Waals surface area contributed by atoms with Gasteiger partial charge in [0.25, 0.3) is 0 Å². The number of nitrogens with zero attached hydrogens (tertiary/aromatic N) is 1. The number of halogens is 3. The first-order valence-corrected chi connectivity index (χ1v) is 6.67. The zero-order valence-electron chi connectivity index (χ0n) is 10.2. The number of alkyl halides is 3. The molecule has 1 rings (SSSR count). The molecule has 0 saturated carbocycles. The Balaban J connectivity index is 2.60. The Morgan fingerprint density at radius 3 is 2.67 bits per heavy atom. The van der Waals surface area contributed by atoms with Crippen molar-refractivity contribution in [1.82, 2.24) is 4.90 Å². The van der Waals surface area contributed by atoms with Crippen LogP contribution in [0.15, 0.2) is 17.5 Å². The van der Waals surface area contributed by atoms with Crippen molar-refractivity contribution >= 4 is 17.2 Å². The van der Waals surface area contributed by atoms with E-state index in [0.717, 1.165) is 16.2 Å². The highest BCUT2D eigenvalue weighted by Crippen LogP contribution is 2.18. The zero-order chi connectivity index (χ0) is 13.6. The number of thiophene rings is 1. The molecule has 0 unspecified atom stereocenters. The largest absolute Gasteiger partial charge is 0.406 e. The van der Waals surface area contributed by atoms with Crippen LogP contribution in [-0.4, -0.2) is 30.1 Å². The molecular weight excluding hydrogens is 263 g/mol. The third kappa shape index (κ3) is 5.53. The predicted molar refractivity (Wildman–Crippen MR) is 65.6 cm³/mol. The van der Waals surface area contributed by atoms with Gasteiger partial charge in [-0.15, -0.1) is 11.3 Å². The van der Waals surface area contributed by atoms with Gasteiger partial charge in [-0.05, 0) is 17.9 Å². The molecule has 102 valence electrons. The summed E-state index contributed by atoms with van der Waals surface area (Å²) >= 11 is 1.38. The van der Waals surface area contributed by atoms with Crippen molar-refractivity contribution in [1.29, 1.82) is 0 Å². The lowest BCUT2D eigenvalue weighted by Crippen LogP contribution is -2.40. The summed E-state index contributed by atoms with van der Waals surface area (Å²) in [5, 5.41) is 1.81. The summed E-state index contributed by atoms with van der Waals surface area (Å²) in [5.41, 5.74) is 0. The number of hydrogen-bond acceptors (Lipinski definition) is 2.